The van der Waals surface area contributed by atoms with Gasteiger partial charge in [-0.3, -0.25) is 0 Å². The quantitative estimate of drug-likeness (QED) is 0.575. The van der Waals surface area contributed by atoms with Gasteiger partial charge in [-0.2, -0.15) is 0 Å². The summed E-state index contributed by atoms with van der Waals surface area (Å²) >= 11 is 7.34. The maximum Gasteiger partial charge on any atom is 0.0959 e. The summed E-state index contributed by atoms with van der Waals surface area (Å²) in [6.07, 6.45) is 1.93. The minimum absolute atomic E-state index is 0.0841. The maximum absolute atomic E-state index is 5.83. The van der Waals surface area contributed by atoms with Crippen LogP contribution in [0.1, 0.15) is 20.8 Å². The van der Waals surface area contributed by atoms with E-state index in [2.05, 4.69) is 32.3 Å². The maximum atomic E-state index is 5.83. The molecule has 1 rings (SSSR count). The highest BCUT2D eigenvalue weighted by molar-refractivity contribution is 8.08. The van der Waals surface area contributed by atoms with Gasteiger partial charge in [0.2, 0.25) is 0 Å². The van der Waals surface area contributed by atoms with Gasteiger partial charge in [-0.25, -0.2) is 0 Å². The number of halogens is 1. The van der Waals surface area contributed by atoms with Crippen molar-refractivity contribution < 1.29 is 0 Å². The van der Waals surface area contributed by atoms with Gasteiger partial charge in [0.15, 0.2) is 0 Å². The van der Waals surface area contributed by atoms with Crippen LogP contribution in [-0.2, 0) is 0 Å². The van der Waals surface area contributed by atoms with E-state index < -0.39 is 0 Å². The van der Waals surface area contributed by atoms with Gasteiger partial charge in [0.25, 0.3) is 0 Å². The van der Waals surface area contributed by atoms with Gasteiger partial charge in [0.1, 0.15) is 0 Å². The lowest BCUT2D eigenvalue weighted by Crippen LogP contribution is -2.33. The van der Waals surface area contributed by atoms with Gasteiger partial charge in [0.05, 0.1) is 9.39 Å². The smallest absolute Gasteiger partial charge is 0.0959 e. The van der Waals surface area contributed by atoms with E-state index in [-0.39, 0.29) is 5.54 Å². The Bertz CT molecular complexity index is 215. The molecule has 3 heteroatoms. The van der Waals surface area contributed by atoms with E-state index >= 15 is 0 Å². The monoisotopic (exact) mass is 189 g/mol. The lowest BCUT2D eigenvalue weighted by molar-refractivity contribution is 0.278. The Morgan fingerprint density at radius 2 is 2.09 bits per heavy atom. The van der Waals surface area contributed by atoms with E-state index in [0.29, 0.717) is 0 Å². The van der Waals surface area contributed by atoms with Crippen LogP contribution < -0.4 is 0 Å². The molecule has 0 bridgehead atoms. The molecule has 0 saturated heterocycles. The first-order valence-electron chi connectivity index (χ1n) is 3.44. The molecule has 1 heterocycles. The van der Waals surface area contributed by atoms with Crippen LogP contribution in [0.3, 0.4) is 0 Å². The van der Waals surface area contributed by atoms with Crippen LogP contribution in [0, 0.1) is 0 Å². The number of nitrogens with zero attached hydrogens (tertiary/aromatic N) is 1. The zero-order valence-electron chi connectivity index (χ0n) is 7.02. The second-order valence-electron chi connectivity index (χ2n) is 3.47. The first kappa shape index (κ1) is 9.01. The molecule has 0 spiro atoms. The van der Waals surface area contributed by atoms with Crippen LogP contribution in [-0.4, -0.2) is 10.4 Å². The van der Waals surface area contributed by atoms with Crippen LogP contribution >= 0.6 is 23.4 Å². The zero-order valence-corrected chi connectivity index (χ0v) is 8.59. The first-order chi connectivity index (χ1) is 4.91. The number of hydrogen-bond acceptors (Lipinski definition) is 2. The highest BCUT2D eigenvalue weighted by Crippen LogP contribution is 2.40. The first-order valence-corrected chi connectivity index (χ1v) is 4.64. The summed E-state index contributed by atoms with van der Waals surface area (Å²) in [4.78, 5) is 2.08. The third-order valence-corrected chi connectivity index (χ3v) is 2.50. The second-order valence-corrected chi connectivity index (χ2v) is 5.22. The van der Waals surface area contributed by atoms with Gasteiger partial charge in [-0.15, -0.1) is 0 Å². The van der Waals surface area contributed by atoms with Gasteiger partial charge < -0.3 is 4.90 Å². The van der Waals surface area contributed by atoms with E-state index in [4.69, 9.17) is 11.6 Å². The van der Waals surface area contributed by atoms with E-state index in [1.54, 1.807) is 0 Å². The van der Waals surface area contributed by atoms with Crippen molar-refractivity contribution in [2.24, 2.45) is 0 Å². The molecule has 0 atom stereocenters. The Labute approximate surface area is 77.1 Å². The fourth-order valence-electron chi connectivity index (χ4n) is 0.929. The molecule has 0 unspecified atom stereocenters. The standard InChI is InChI=1S/C8H12ClNS/c1-6-10(8(2,3)4)5-7(9)11-6/h5H,1H2,2-4H3. The molecule has 62 valence electrons. The Hall–Kier alpha value is -0.0800. The molecule has 0 fully saturated rings. The van der Waals surface area contributed by atoms with Crippen molar-refractivity contribution in [2.45, 2.75) is 26.3 Å². The fraction of sp³-hybridized carbons (Fsp3) is 0.500. The second kappa shape index (κ2) is 2.76. The third-order valence-electron chi connectivity index (χ3n) is 1.44. The van der Waals surface area contributed by atoms with Gasteiger partial charge in [-0.1, -0.05) is 29.9 Å². The molecule has 0 radical (unpaired) electrons. The van der Waals surface area contributed by atoms with Crippen molar-refractivity contribution in [3.8, 4) is 0 Å². The number of thioether (sulfide) groups is 1. The van der Waals surface area contributed by atoms with Crippen molar-refractivity contribution in [1.29, 1.82) is 0 Å². The lowest BCUT2D eigenvalue weighted by atomic mass is 10.1. The Morgan fingerprint density at radius 1 is 1.55 bits per heavy atom. The predicted molar refractivity (Wildman–Crippen MR) is 52.3 cm³/mol. The Kier molecular flexibility index (Phi) is 2.26. The molecule has 0 aliphatic carbocycles. The van der Waals surface area contributed by atoms with Crippen molar-refractivity contribution in [1.82, 2.24) is 4.90 Å². The topological polar surface area (TPSA) is 3.24 Å². The highest BCUT2D eigenvalue weighted by Gasteiger charge is 2.26. The molecule has 0 N–H and O–H groups in total. The molecule has 1 aliphatic heterocycles. The van der Waals surface area contributed by atoms with Crippen LogP contribution in [0.15, 0.2) is 22.2 Å². The highest BCUT2D eigenvalue weighted by atomic mass is 35.5. The molecule has 1 nitrogen and oxygen atoms in total. The molecule has 0 aromatic carbocycles. The van der Waals surface area contributed by atoms with E-state index in [9.17, 15) is 0 Å². The summed E-state index contributed by atoms with van der Waals surface area (Å²) in [7, 11) is 0. The summed E-state index contributed by atoms with van der Waals surface area (Å²) in [5, 5.41) is 1.00. The van der Waals surface area contributed by atoms with Gasteiger partial charge in [0, 0.05) is 11.7 Å². The molecule has 11 heavy (non-hydrogen) atoms. The molecular weight excluding hydrogens is 178 g/mol. The largest absolute Gasteiger partial charge is 0.336 e. The molecule has 0 amide bonds. The van der Waals surface area contributed by atoms with Crippen LogP contribution in [0.25, 0.3) is 0 Å². The molecule has 1 aliphatic rings. The van der Waals surface area contributed by atoms with Crippen molar-refractivity contribution in [3.63, 3.8) is 0 Å². The molecule has 0 aromatic heterocycles. The minimum Gasteiger partial charge on any atom is -0.336 e. The summed E-state index contributed by atoms with van der Waals surface area (Å²) < 4.78 is 0.796. The lowest BCUT2D eigenvalue weighted by Gasteiger charge is -2.31. The molecule has 0 aromatic rings. The third kappa shape index (κ3) is 1.94. The summed E-state index contributed by atoms with van der Waals surface area (Å²) in [5.74, 6) is 0. The van der Waals surface area contributed by atoms with E-state index in [0.717, 1.165) is 9.39 Å². The minimum atomic E-state index is 0.0841. The molecule has 0 saturated carbocycles. The number of rotatable bonds is 0. The normalized spacial score (nSPS) is 19.1. The average Bonchev–Trinajstić information content (AvgIpc) is 2.08. The van der Waals surface area contributed by atoms with Crippen LogP contribution in [0.4, 0.5) is 0 Å². The number of hydrogen-bond donors (Lipinski definition) is 0. The summed E-state index contributed by atoms with van der Waals surface area (Å²) in [5.41, 5.74) is 0.0841. The Balaban J connectivity index is 2.82. The van der Waals surface area contributed by atoms with Crippen molar-refractivity contribution in [3.05, 3.63) is 22.2 Å². The van der Waals surface area contributed by atoms with Crippen molar-refractivity contribution in [2.75, 3.05) is 0 Å². The SMILES string of the molecule is C=C1SC(Cl)=CN1C(C)(C)C. The van der Waals surface area contributed by atoms with E-state index in [1.165, 1.54) is 11.8 Å². The van der Waals surface area contributed by atoms with Gasteiger partial charge in [-0.05, 0) is 20.8 Å². The van der Waals surface area contributed by atoms with Crippen molar-refractivity contribution >= 4 is 23.4 Å². The van der Waals surface area contributed by atoms with Crippen LogP contribution in [0.2, 0.25) is 0 Å². The Morgan fingerprint density at radius 3 is 2.27 bits per heavy atom. The fourth-order valence-corrected chi connectivity index (χ4v) is 2.10. The van der Waals surface area contributed by atoms with Crippen LogP contribution in [0.5, 0.6) is 0 Å². The predicted octanol–water partition coefficient (Wildman–Crippen LogP) is 3.34. The molecular formula is C8H12ClNS. The summed E-state index contributed by atoms with van der Waals surface area (Å²) in [6.45, 7) is 10.3. The summed E-state index contributed by atoms with van der Waals surface area (Å²) in [6, 6.07) is 0. The zero-order chi connectivity index (χ0) is 8.65. The van der Waals surface area contributed by atoms with E-state index in [1.807, 2.05) is 6.20 Å². The van der Waals surface area contributed by atoms with Gasteiger partial charge >= 0.3 is 0 Å². The average molecular weight is 190 g/mol.